The number of ether oxygens (including phenoxy) is 1. The third kappa shape index (κ3) is 3.60. The summed E-state index contributed by atoms with van der Waals surface area (Å²) in [5.74, 6) is 0.695. The molecule has 0 amide bonds. The lowest BCUT2D eigenvalue weighted by Gasteiger charge is -2.16. The SMILES string of the molecule is CC(C)Oc1ncccc1NCC1CCCN1. The largest absolute Gasteiger partial charge is 0.473 e. The zero-order chi connectivity index (χ0) is 12.1. The lowest BCUT2D eigenvalue weighted by molar-refractivity contribution is 0.234. The van der Waals surface area contributed by atoms with Crippen molar-refractivity contribution < 1.29 is 4.74 Å². The van der Waals surface area contributed by atoms with Crippen molar-refractivity contribution in [3.8, 4) is 5.88 Å². The van der Waals surface area contributed by atoms with Gasteiger partial charge in [0.2, 0.25) is 5.88 Å². The smallest absolute Gasteiger partial charge is 0.237 e. The van der Waals surface area contributed by atoms with Gasteiger partial charge in [0.05, 0.1) is 11.8 Å². The second-order valence-corrected chi connectivity index (χ2v) is 4.70. The minimum Gasteiger partial charge on any atom is -0.473 e. The molecule has 1 aromatic rings. The maximum absolute atomic E-state index is 5.67. The van der Waals surface area contributed by atoms with E-state index >= 15 is 0 Å². The van der Waals surface area contributed by atoms with Gasteiger partial charge in [0.15, 0.2) is 0 Å². The van der Waals surface area contributed by atoms with E-state index in [1.165, 1.54) is 12.8 Å². The van der Waals surface area contributed by atoms with Crippen LogP contribution >= 0.6 is 0 Å². The van der Waals surface area contributed by atoms with E-state index in [9.17, 15) is 0 Å². The molecule has 94 valence electrons. The first kappa shape index (κ1) is 12.2. The Morgan fingerprint density at radius 3 is 3.18 bits per heavy atom. The molecular formula is C13H21N3O. The van der Waals surface area contributed by atoms with Crippen LogP contribution in [0.4, 0.5) is 5.69 Å². The summed E-state index contributed by atoms with van der Waals surface area (Å²) in [4.78, 5) is 4.26. The van der Waals surface area contributed by atoms with Crippen LogP contribution in [0.1, 0.15) is 26.7 Å². The van der Waals surface area contributed by atoms with E-state index in [0.717, 1.165) is 18.8 Å². The van der Waals surface area contributed by atoms with E-state index in [-0.39, 0.29) is 6.10 Å². The summed E-state index contributed by atoms with van der Waals surface area (Å²) in [5.41, 5.74) is 0.981. The van der Waals surface area contributed by atoms with Crippen LogP contribution in [0.5, 0.6) is 5.88 Å². The number of rotatable bonds is 5. The van der Waals surface area contributed by atoms with Crippen LogP contribution in [0.15, 0.2) is 18.3 Å². The normalized spacial score (nSPS) is 19.6. The van der Waals surface area contributed by atoms with E-state index in [2.05, 4.69) is 15.6 Å². The molecule has 1 fully saturated rings. The van der Waals surface area contributed by atoms with E-state index < -0.39 is 0 Å². The molecule has 1 unspecified atom stereocenters. The van der Waals surface area contributed by atoms with Gasteiger partial charge in [0, 0.05) is 18.8 Å². The molecule has 1 aromatic heterocycles. The highest BCUT2D eigenvalue weighted by Gasteiger charge is 2.14. The molecule has 4 nitrogen and oxygen atoms in total. The van der Waals surface area contributed by atoms with Gasteiger partial charge in [-0.2, -0.15) is 0 Å². The number of anilines is 1. The van der Waals surface area contributed by atoms with Gasteiger partial charge in [-0.15, -0.1) is 0 Å². The zero-order valence-corrected chi connectivity index (χ0v) is 10.6. The Hall–Kier alpha value is -1.29. The first-order chi connectivity index (χ1) is 8.25. The predicted octanol–water partition coefficient (Wildman–Crippen LogP) is 2.03. The fourth-order valence-corrected chi connectivity index (χ4v) is 2.01. The van der Waals surface area contributed by atoms with Crippen molar-refractivity contribution in [1.29, 1.82) is 0 Å². The quantitative estimate of drug-likeness (QED) is 0.820. The van der Waals surface area contributed by atoms with Crippen LogP contribution in [0.2, 0.25) is 0 Å². The van der Waals surface area contributed by atoms with Crippen LogP contribution in [-0.4, -0.2) is 30.2 Å². The summed E-state index contributed by atoms with van der Waals surface area (Å²) in [6, 6.07) is 4.51. The van der Waals surface area contributed by atoms with Gasteiger partial charge in [-0.25, -0.2) is 4.98 Å². The van der Waals surface area contributed by atoms with Crippen molar-refractivity contribution in [2.75, 3.05) is 18.4 Å². The fraction of sp³-hybridized carbons (Fsp3) is 0.615. The second-order valence-electron chi connectivity index (χ2n) is 4.70. The van der Waals surface area contributed by atoms with Crippen LogP contribution in [0.3, 0.4) is 0 Å². The monoisotopic (exact) mass is 235 g/mol. The Morgan fingerprint density at radius 2 is 2.47 bits per heavy atom. The molecule has 1 aliphatic heterocycles. The number of nitrogens with zero attached hydrogens (tertiary/aromatic N) is 1. The fourth-order valence-electron chi connectivity index (χ4n) is 2.01. The Balaban J connectivity index is 1.94. The molecule has 1 aliphatic rings. The molecule has 4 heteroatoms. The lowest BCUT2D eigenvalue weighted by Crippen LogP contribution is -2.29. The summed E-state index contributed by atoms with van der Waals surface area (Å²) in [5, 5.41) is 6.87. The number of hydrogen-bond acceptors (Lipinski definition) is 4. The molecule has 1 atom stereocenters. The summed E-state index contributed by atoms with van der Waals surface area (Å²) >= 11 is 0. The molecule has 1 saturated heterocycles. The standard InChI is InChI=1S/C13H21N3O/c1-10(2)17-13-12(6-4-8-15-13)16-9-11-5-3-7-14-11/h4,6,8,10-11,14,16H,3,5,7,9H2,1-2H3. The highest BCUT2D eigenvalue weighted by atomic mass is 16.5. The second kappa shape index (κ2) is 5.87. The predicted molar refractivity (Wildman–Crippen MR) is 69.5 cm³/mol. The minimum atomic E-state index is 0.148. The first-order valence-electron chi connectivity index (χ1n) is 6.34. The molecule has 0 radical (unpaired) electrons. The third-order valence-electron chi connectivity index (χ3n) is 2.82. The average Bonchev–Trinajstić information content (AvgIpc) is 2.80. The lowest BCUT2D eigenvalue weighted by atomic mass is 10.2. The first-order valence-corrected chi connectivity index (χ1v) is 6.34. The number of hydrogen-bond donors (Lipinski definition) is 2. The third-order valence-corrected chi connectivity index (χ3v) is 2.82. The maximum Gasteiger partial charge on any atom is 0.237 e. The van der Waals surface area contributed by atoms with E-state index in [4.69, 9.17) is 4.74 Å². The summed E-state index contributed by atoms with van der Waals surface area (Å²) in [7, 11) is 0. The van der Waals surface area contributed by atoms with Crippen molar-refractivity contribution in [3.05, 3.63) is 18.3 Å². The van der Waals surface area contributed by atoms with Gasteiger partial charge in [0.25, 0.3) is 0 Å². The van der Waals surface area contributed by atoms with Crippen LogP contribution < -0.4 is 15.4 Å². The Morgan fingerprint density at radius 1 is 1.59 bits per heavy atom. The van der Waals surface area contributed by atoms with Crippen molar-refractivity contribution >= 4 is 5.69 Å². The van der Waals surface area contributed by atoms with Gasteiger partial charge in [-0.05, 0) is 45.4 Å². The van der Waals surface area contributed by atoms with Crippen LogP contribution in [0, 0.1) is 0 Å². The number of pyridine rings is 1. The van der Waals surface area contributed by atoms with Gasteiger partial charge in [-0.1, -0.05) is 0 Å². The van der Waals surface area contributed by atoms with Crippen LogP contribution in [-0.2, 0) is 0 Å². The molecule has 0 aromatic carbocycles. The highest BCUT2D eigenvalue weighted by molar-refractivity contribution is 5.52. The Bertz CT molecular complexity index is 348. The zero-order valence-electron chi connectivity index (χ0n) is 10.6. The molecule has 2 heterocycles. The molecule has 0 saturated carbocycles. The summed E-state index contributed by atoms with van der Waals surface area (Å²) in [6.45, 7) is 6.09. The summed E-state index contributed by atoms with van der Waals surface area (Å²) in [6.07, 6.45) is 4.43. The number of aromatic nitrogens is 1. The molecule has 0 bridgehead atoms. The van der Waals surface area contributed by atoms with Gasteiger partial charge >= 0.3 is 0 Å². The van der Waals surface area contributed by atoms with Crippen molar-refractivity contribution in [1.82, 2.24) is 10.3 Å². The maximum atomic E-state index is 5.67. The molecule has 0 aliphatic carbocycles. The van der Waals surface area contributed by atoms with Crippen molar-refractivity contribution in [2.45, 2.75) is 38.8 Å². The van der Waals surface area contributed by atoms with Crippen molar-refractivity contribution in [3.63, 3.8) is 0 Å². The topological polar surface area (TPSA) is 46.2 Å². The number of nitrogens with one attached hydrogen (secondary N) is 2. The van der Waals surface area contributed by atoms with Gasteiger partial charge in [0.1, 0.15) is 0 Å². The van der Waals surface area contributed by atoms with Gasteiger partial charge < -0.3 is 15.4 Å². The van der Waals surface area contributed by atoms with Crippen molar-refractivity contribution in [2.24, 2.45) is 0 Å². The van der Waals surface area contributed by atoms with E-state index in [0.29, 0.717) is 11.9 Å². The molecule has 0 spiro atoms. The molecule has 2 N–H and O–H groups in total. The van der Waals surface area contributed by atoms with E-state index in [1.54, 1.807) is 6.20 Å². The Labute approximate surface area is 103 Å². The minimum absolute atomic E-state index is 0.148. The molecular weight excluding hydrogens is 214 g/mol. The van der Waals surface area contributed by atoms with Gasteiger partial charge in [-0.3, -0.25) is 0 Å². The molecule has 2 rings (SSSR count). The average molecular weight is 235 g/mol. The highest BCUT2D eigenvalue weighted by Crippen LogP contribution is 2.22. The Kier molecular flexibility index (Phi) is 4.20. The summed E-state index contributed by atoms with van der Waals surface area (Å²) < 4.78 is 5.67. The molecule has 17 heavy (non-hydrogen) atoms. The van der Waals surface area contributed by atoms with Crippen LogP contribution in [0.25, 0.3) is 0 Å². The van der Waals surface area contributed by atoms with E-state index in [1.807, 2.05) is 26.0 Å².